The molecule has 47 heavy (non-hydrogen) atoms. The molecule has 9 nitrogen and oxygen atoms in total. The summed E-state index contributed by atoms with van der Waals surface area (Å²) in [5.74, 6) is 1.07. The van der Waals surface area contributed by atoms with E-state index in [2.05, 4.69) is 18.2 Å². The second-order valence-corrected chi connectivity index (χ2v) is 11.7. The quantitative estimate of drug-likeness (QED) is 0.130. The molecule has 0 radical (unpaired) electrons. The zero-order valence-corrected chi connectivity index (χ0v) is 27.2. The van der Waals surface area contributed by atoms with Gasteiger partial charge in [-0.3, -0.25) is 9.59 Å². The first-order chi connectivity index (χ1) is 22.9. The van der Waals surface area contributed by atoms with Gasteiger partial charge in [0.2, 0.25) is 0 Å². The number of carboxylic acids is 2. The molecule has 1 heterocycles. The van der Waals surface area contributed by atoms with Crippen molar-refractivity contribution in [3.05, 3.63) is 101 Å². The van der Waals surface area contributed by atoms with Crippen LogP contribution >= 0.6 is 0 Å². The number of allylic oxidation sites excluding steroid dienone is 4. The zero-order chi connectivity index (χ0) is 33.3. The number of ether oxygens (including phenoxy) is 5. The van der Waals surface area contributed by atoms with Gasteiger partial charge in [-0.1, -0.05) is 48.8 Å². The van der Waals surface area contributed by atoms with Gasteiger partial charge in [-0.05, 0) is 85.9 Å². The predicted molar refractivity (Wildman–Crippen MR) is 179 cm³/mol. The van der Waals surface area contributed by atoms with Crippen LogP contribution in [0.4, 0.5) is 0 Å². The smallest absolute Gasteiger partial charge is 0.303 e. The van der Waals surface area contributed by atoms with E-state index in [0.29, 0.717) is 44.0 Å². The van der Waals surface area contributed by atoms with Crippen molar-refractivity contribution in [1.82, 2.24) is 0 Å². The molecule has 1 aliphatic carbocycles. The number of unbranched alkanes of at least 4 members (excludes halogenated alkanes) is 3. The molecular formula is C38H46O9. The minimum atomic E-state index is -0.863. The molecular weight excluding hydrogens is 600 g/mol. The molecule has 0 amide bonds. The topological polar surface area (TPSA) is 121 Å². The molecule has 1 aliphatic heterocycles. The lowest BCUT2D eigenvalue weighted by Gasteiger charge is -2.19. The van der Waals surface area contributed by atoms with Crippen LogP contribution in [0, 0.1) is 0 Å². The Hall–Kier alpha value is -4.50. The van der Waals surface area contributed by atoms with E-state index in [9.17, 15) is 14.7 Å². The van der Waals surface area contributed by atoms with Gasteiger partial charge in [0.05, 0.1) is 19.8 Å². The lowest BCUT2D eigenvalue weighted by Crippen LogP contribution is -2.07. The Morgan fingerprint density at radius 2 is 1.72 bits per heavy atom. The van der Waals surface area contributed by atoms with Crippen LogP contribution in [-0.4, -0.2) is 42.5 Å². The first-order valence-corrected chi connectivity index (χ1v) is 16.4. The van der Waals surface area contributed by atoms with Gasteiger partial charge < -0.3 is 33.9 Å². The van der Waals surface area contributed by atoms with Crippen molar-refractivity contribution in [2.75, 3.05) is 20.3 Å². The van der Waals surface area contributed by atoms with E-state index in [1.165, 1.54) is 5.57 Å². The van der Waals surface area contributed by atoms with Crippen molar-refractivity contribution in [1.29, 1.82) is 0 Å². The maximum Gasteiger partial charge on any atom is 0.303 e. The van der Waals surface area contributed by atoms with E-state index >= 15 is 0 Å². The Labute approximate surface area is 277 Å². The first-order valence-electron chi connectivity index (χ1n) is 16.4. The lowest BCUT2D eigenvalue weighted by atomic mass is 9.97. The van der Waals surface area contributed by atoms with Gasteiger partial charge in [-0.2, -0.15) is 0 Å². The molecule has 2 N–H and O–H groups in total. The van der Waals surface area contributed by atoms with E-state index in [0.717, 1.165) is 78.7 Å². The first kappa shape index (κ1) is 35.4. The summed E-state index contributed by atoms with van der Waals surface area (Å²) in [6.45, 7) is 1.30. The Bertz CT molecular complexity index is 1470. The van der Waals surface area contributed by atoms with Gasteiger partial charge in [0.25, 0.3) is 0 Å². The van der Waals surface area contributed by atoms with Crippen molar-refractivity contribution in [2.24, 2.45) is 0 Å². The molecule has 9 heteroatoms. The van der Waals surface area contributed by atoms with Gasteiger partial charge in [0, 0.05) is 31.9 Å². The summed E-state index contributed by atoms with van der Waals surface area (Å²) in [4.78, 5) is 22.1. The Morgan fingerprint density at radius 1 is 0.894 bits per heavy atom. The van der Waals surface area contributed by atoms with Crippen LogP contribution in [0.2, 0.25) is 0 Å². The van der Waals surface area contributed by atoms with Crippen LogP contribution in [0.1, 0.15) is 86.5 Å². The highest BCUT2D eigenvalue weighted by Crippen LogP contribution is 2.32. The van der Waals surface area contributed by atoms with E-state index in [-0.39, 0.29) is 19.4 Å². The van der Waals surface area contributed by atoms with Crippen LogP contribution in [0.3, 0.4) is 0 Å². The van der Waals surface area contributed by atoms with Gasteiger partial charge in [0.15, 0.2) is 5.76 Å². The van der Waals surface area contributed by atoms with Gasteiger partial charge in [-0.15, -0.1) is 0 Å². The fraction of sp³-hybridized carbons (Fsp3) is 0.421. The molecule has 2 aliphatic rings. The molecule has 252 valence electrons. The standard InChI is InChI=1S/C38H46O9/c1-43-25-29-21-31(36-27-44-26-33(47-36)22-28-11-5-4-6-12-28)24-32(23-29)45-19-8-3-2-7-13-30-14-9-15-35(34(30)17-18-38(41)42)46-20-10-16-37(39)40/h4-5,9,11,14-15,21,23-24,26-27H,2-3,6-8,10,12-13,16-20,22,25H2,1H3,(H,39,40)(H,41,42). The molecule has 0 atom stereocenters. The number of carboxylic acid groups (broad SMARTS) is 2. The summed E-state index contributed by atoms with van der Waals surface area (Å²) >= 11 is 0. The molecule has 2 aromatic carbocycles. The minimum absolute atomic E-state index is 0.0114. The van der Waals surface area contributed by atoms with E-state index < -0.39 is 11.9 Å². The third kappa shape index (κ3) is 12.3. The highest BCUT2D eigenvalue weighted by atomic mass is 16.5. The Kier molecular flexibility index (Phi) is 14.5. The average molecular weight is 647 g/mol. The molecule has 2 aromatic rings. The van der Waals surface area contributed by atoms with Crippen LogP contribution in [0.25, 0.3) is 5.76 Å². The molecule has 0 unspecified atom stereocenters. The van der Waals surface area contributed by atoms with E-state index in [1.54, 1.807) is 19.6 Å². The number of aryl methyl sites for hydroxylation is 1. The molecule has 0 saturated carbocycles. The van der Waals surface area contributed by atoms with Crippen LogP contribution < -0.4 is 9.47 Å². The third-order valence-corrected chi connectivity index (χ3v) is 7.90. The van der Waals surface area contributed by atoms with Gasteiger partial charge in [0.1, 0.15) is 29.8 Å². The summed E-state index contributed by atoms with van der Waals surface area (Å²) in [6.07, 6.45) is 17.9. The molecule has 0 fully saturated rings. The Morgan fingerprint density at radius 3 is 2.51 bits per heavy atom. The largest absolute Gasteiger partial charge is 0.494 e. The number of aliphatic carboxylic acids is 2. The number of carbonyl (C=O) groups is 2. The third-order valence-electron chi connectivity index (χ3n) is 7.90. The average Bonchev–Trinajstić information content (AvgIpc) is 3.06. The number of methoxy groups -OCH3 is 1. The normalized spacial score (nSPS) is 13.9. The molecule has 0 bridgehead atoms. The summed E-state index contributed by atoms with van der Waals surface area (Å²) in [7, 11) is 1.67. The highest BCUT2D eigenvalue weighted by molar-refractivity contribution is 5.67. The Balaban J connectivity index is 1.25. The highest BCUT2D eigenvalue weighted by Gasteiger charge is 2.17. The maximum atomic E-state index is 11.3. The van der Waals surface area contributed by atoms with Crippen molar-refractivity contribution < 1.29 is 43.5 Å². The fourth-order valence-electron chi connectivity index (χ4n) is 5.59. The molecule has 0 spiro atoms. The van der Waals surface area contributed by atoms with Gasteiger partial charge >= 0.3 is 11.9 Å². The predicted octanol–water partition coefficient (Wildman–Crippen LogP) is 8.13. The molecule has 4 rings (SSSR count). The summed E-state index contributed by atoms with van der Waals surface area (Å²) in [5, 5.41) is 18.1. The second-order valence-electron chi connectivity index (χ2n) is 11.7. The van der Waals surface area contributed by atoms with Crippen molar-refractivity contribution in [3.63, 3.8) is 0 Å². The summed E-state index contributed by atoms with van der Waals surface area (Å²) in [5.41, 5.74) is 5.13. The number of benzene rings is 2. The fourth-order valence-corrected chi connectivity index (χ4v) is 5.59. The minimum Gasteiger partial charge on any atom is -0.494 e. The number of hydrogen-bond donors (Lipinski definition) is 2. The van der Waals surface area contributed by atoms with Crippen molar-refractivity contribution >= 4 is 17.7 Å². The van der Waals surface area contributed by atoms with Crippen LogP contribution in [0.15, 0.2) is 78.5 Å². The SMILES string of the molecule is COCc1cc(OCCCCCCc2cccc(OCCCC(=O)O)c2CCC(=O)O)cc(C2=COC=C(CC3=CC=CCC3)O2)c1. The zero-order valence-electron chi connectivity index (χ0n) is 27.2. The monoisotopic (exact) mass is 646 g/mol. The van der Waals surface area contributed by atoms with Gasteiger partial charge in [-0.25, -0.2) is 0 Å². The van der Waals surface area contributed by atoms with E-state index in [4.69, 9.17) is 28.8 Å². The molecule has 0 aromatic heterocycles. The number of hydrogen-bond acceptors (Lipinski definition) is 7. The number of rotatable bonds is 21. The lowest BCUT2D eigenvalue weighted by molar-refractivity contribution is -0.138. The van der Waals surface area contributed by atoms with Crippen LogP contribution in [-0.2, 0) is 43.2 Å². The van der Waals surface area contributed by atoms with E-state index in [1.807, 2.05) is 36.4 Å². The van der Waals surface area contributed by atoms with Crippen molar-refractivity contribution in [2.45, 2.75) is 83.7 Å². The molecule has 0 saturated heterocycles. The van der Waals surface area contributed by atoms with Crippen LogP contribution in [0.5, 0.6) is 11.5 Å². The summed E-state index contributed by atoms with van der Waals surface area (Å²) in [6, 6.07) is 11.7. The van der Waals surface area contributed by atoms with Crippen molar-refractivity contribution in [3.8, 4) is 11.5 Å². The maximum absolute atomic E-state index is 11.3. The summed E-state index contributed by atoms with van der Waals surface area (Å²) < 4.78 is 29.3. The second kappa shape index (κ2) is 19.2.